The lowest BCUT2D eigenvalue weighted by molar-refractivity contribution is -0.207. The van der Waals surface area contributed by atoms with E-state index in [4.69, 9.17) is 4.74 Å². The summed E-state index contributed by atoms with van der Waals surface area (Å²) in [6, 6.07) is 7.00. The van der Waals surface area contributed by atoms with Gasteiger partial charge in [0.1, 0.15) is 5.75 Å². The van der Waals surface area contributed by atoms with Gasteiger partial charge in [0.05, 0.1) is 24.9 Å². The van der Waals surface area contributed by atoms with Crippen LogP contribution in [0.1, 0.15) is 60.8 Å². The molecule has 2 aromatic carbocycles. The highest BCUT2D eigenvalue weighted by molar-refractivity contribution is 5.92. The Hall–Kier alpha value is -2.78. The van der Waals surface area contributed by atoms with Crippen LogP contribution in [0.15, 0.2) is 30.3 Å². The van der Waals surface area contributed by atoms with E-state index < -0.39 is 41.4 Å². The number of aliphatic hydroxyl groups is 2. The lowest BCUT2D eigenvalue weighted by Crippen LogP contribution is -2.40. The fraction of sp³-hybridized carbons (Fsp3) is 0.458. The molecule has 0 unspecified atom stereocenters. The van der Waals surface area contributed by atoms with Crippen LogP contribution in [0.5, 0.6) is 5.75 Å². The van der Waals surface area contributed by atoms with Gasteiger partial charge >= 0.3 is 12.2 Å². The molecule has 0 aliphatic heterocycles. The third kappa shape index (κ3) is 5.09. The molecular weight excluding hydrogens is 437 g/mol. The molecule has 1 aliphatic rings. The lowest BCUT2D eigenvalue weighted by Gasteiger charge is -2.26. The third-order valence-electron chi connectivity index (χ3n) is 5.93. The first kappa shape index (κ1) is 24.9. The fourth-order valence-corrected chi connectivity index (χ4v) is 4.07. The molecule has 2 amide bonds. The number of carbonyl (C=O) groups excluding carboxylic acids is 1. The molecule has 3 atom stereocenters. The maximum absolute atomic E-state index is 13.3. The molecule has 0 saturated heterocycles. The number of aliphatic hydroxyl groups excluding tert-OH is 2. The maximum Gasteiger partial charge on any atom is 0.418 e. The number of nitrogens with one attached hydrogen (secondary N) is 2. The van der Waals surface area contributed by atoms with Crippen LogP contribution in [0.25, 0.3) is 0 Å². The average molecular weight is 467 g/mol. The standard InChI is InChI=1S/C24H29F3N2O4/c1-12-7-6-8-14-15(12)11-17(19(14)30)28-22(32)29-18-10-13(23(2,3)4)9-16(20(18)33-5)21(31)24(25,26)27/h6-10,17,19,21,30-31H,11H2,1-5H3,(H2,28,29,32)/t17-,19+,21+/m1/s1. The second kappa shape index (κ2) is 8.87. The molecule has 0 aromatic heterocycles. The van der Waals surface area contributed by atoms with Crippen molar-refractivity contribution in [2.75, 3.05) is 12.4 Å². The minimum atomic E-state index is -4.92. The van der Waals surface area contributed by atoms with Gasteiger partial charge in [0.15, 0.2) is 6.10 Å². The van der Waals surface area contributed by atoms with Gasteiger partial charge in [0, 0.05) is 5.56 Å². The van der Waals surface area contributed by atoms with Gasteiger partial charge < -0.3 is 25.6 Å². The van der Waals surface area contributed by atoms with Gasteiger partial charge in [-0.05, 0) is 53.1 Å². The number of halogens is 3. The zero-order chi connectivity index (χ0) is 24.7. The number of hydrogen-bond donors (Lipinski definition) is 4. The second-order valence-electron chi connectivity index (χ2n) is 9.34. The quantitative estimate of drug-likeness (QED) is 0.527. The molecule has 9 heteroatoms. The first-order valence-corrected chi connectivity index (χ1v) is 10.5. The molecule has 4 N–H and O–H groups in total. The van der Waals surface area contributed by atoms with Crippen LogP contribution in [0.4, 0.5) is 23.7 Å². The van der Waals surface area contributed by atoms with E-state index in [2.05, 4.69) is 10.6 Å². The van der Waals surface area contributed by atoms with Gasteiger partial charge in [-0.15, -0.1) is 0 Å². The molecule has 0 heterocycles. The first-order chi connectivity index (χ1) is 15.2. The summed E-state index contributed by atoms with van der Waals surface area (Å²) in [5.41, 5.74) is 2.10. The number of hydrogen-bond acceptors (Lipinski definition) is 4. The SMILES string of the molecule is COc1c(NC(=O)N[C@@H]2Cc3c(C)cccc3[C@@H]2O)cc(C(C)(C)C)cc1[C@H](O)C(F)(F)F. The Labute approximate surface area is 190 Å². The van der Waals surface area contributed by atoms with Gasteiger partial charge in [-0.3, -0.25) is 0 Å². The molecule has 2 aromatic rings. The zero-order valence-corrected chi connectivity index (χ0v) is 19.2. The van der Waals surface area contributed by atoms with E-state index in [1.54, 1.807) is 26.8 Å². The number of aryl methyl sites for hydroxylation is 1. The second-order valence-corrected chi connectivity index (χ2v) is 9.34. The first-order valence-electron chi connectivity index (χ1n) is 10.5. The molecule has 180 valence electrons. The molecule has 0 spiro atoms. The average Bonchev–Trinajstić information content (AvgIpc) is 3.02. The fourth-order valence-electron chi connectivity index (χ4n) is 4.07. The molecular formula is C24H29F3N2O4. The summed E-state index contributed by atoms with van der Waals surface area (Å²) in [4.78, 5) is 12.8. The summed E-state index contributed by atoms with van der Waals surface area (Å²) >= 11 is 0. The number of ether oxygens (including phenoxy) is 1. The highest BCUT2D eigenvalue weighted by Crippen LogP contribution is 2.43. The number of benzene rings is 2. The van der Waals surface area contributed by atoms with Crippen molar-refractivity contribution in [1.82, 2.24) is 5.32 Å². The summed E-state index contributed by atoms with van der Waals surface area (Å²) in [6.45, 7) is 7.33. The smallest absolute Gasteiger partial charge is 0.418 e. The summed E-state index contributed by atoms with van der Waals surface area (Å²) in [6.07, 6.45) is -8.18. The zero-order valence-electron chi connectivity index (χ0n) is 19.2. The predicted octanol–water partition coefficient (Wildman–Crippen LogP) is 4.68. The van der Waals surface area contributed by atoms with Crippen LogP contribution < -0.4 is 15.4 Å². The van der Waals surface area contributed by atoms with Crippen LogP contribution in [0.3, 0.4) is 0 Å². The lowest BCUT2D eigenvalue weighted by atomic mass is 9.84. The molecule has 3 rings (SSSR count). The molecule has 0 saturated carbocycles. The number of carbonyl (C=O) groups is 1. The van der Waals surface area contributed by atoms with Crippen molar-refractivity contribution in [2.24, 2.45) is 0 Å². The Morgan fingerprint density at radius 2 is 1.88 bits per heavy atom. The highest BCUT2D eigenvalue weighted by atomic mass is 19.4. The molecule has 1 aliphatic carbocycles. The predicted molar refractivity (Wildman–Crippen MR) is 118 cm³/mol. The van der Waals surface area contributed by atoms with Gasteiger partial charge in [0.25, 0.3) is 0 Å². The topological polar surface area (TPSA) is 90.8 Å². The molecule has 0 radical (unpaired) electrons. The van der Waals surface area contributed by atoms with E-state index in [0.29, 0.717) is 12.0 Å². The van der Waals surface area contributed by atoms with Crippen LogP contribution in [-0.2, 0) is 11.8 Å². The number of fused-ring (bicyclic) bond motifs is 1. The van der Waals surface area contributed by atoms with Crippen LogP contribution in [0, 0.1) is 6.92 Å². The van der Waals surface area contributed by atoms with Crippen molar-refractivity contribution in [2.45, 2.75) is 64.0 Å². The van der Waals surface area contributed by atoms with E-state index in [9.17, 15) is 28.2 Å². The van der Waals surface area contributed by atoms with Crippen LogP contribution in [0.2, 0.25) is 0 Å². The molecule has 0 bridgehead atoms. The van der Waals surface area contributed by atoms with Crippen molar-refractivity contribution < 1.29 is 32.9 Å². The van der Waals surface area contributed by atoms with E-state index in [1.807, 2.05) is 19.1 Å². The Balaban J connectivity index is 1.91. The van der Waals surface area contributed by atoms with Gasteiger partial charge in [-0.25, -0.2) is 4.79 Å². The van der Waals surface area contributed by atoms with E-state index in [0.717, 1.165) is 16.7 Å². The van der Waals surface area contributed by atoms with E-state index >= 15 is 0 Å². The summed E-state index contributed by atoms with van der Waals surface area (Å²) in [5, 5.41) is 25.8. The van der Waals surface area contributed by atoms with Gasteiger partial charge in [0.2, 0.25) is 0 Å². The van der Waals surface area contributed by atoms with Gasteiger partial charge in [-0.1, -0.05) is 39.0 Å². The third-order valence-corrected chi connectivity index (χ3v) is 5.93. The Kier molecular flexibility index (Phi) is 6.68. The van der Waals surface area contributed by atoms with Crippen molar-refractivity contribution in [1.29, 1.82) is 0 Å². The number of urea groups is 1. The summed E-state index contributed by atoms with van der Waals surface area (Å²) in [7, 11) is 1.17. The molecule has 33 heavy (non-hydrogen) atoms. The van der Waals surface area contributed by atoms with Crippen molar-refractivity contribution >= 4 is 11.7 Å². The minimum absolute atomic E-state index is 0.0121. The van der Waals surface area contributed by atoms with Crippen molar-refractivity contribution in [3.8, 4) is 5.75 Å². The highest BCUT2D eigenvalue weighted by Gasteiger charge is 2.42. The Morgan fingerprint density at radius 1 is 1.21 bits per heavy atom. The maximum atomic E-state index is 13.3. The molecule has 6 nitrogen and oxygen atoms in total. The van der Waals surface area contributed by atoms with Crippen molar-refractivity contribution in [3.05, 3.63) is 58.1 Å². The monoisotopic (exact) mass is 466 g/mol. The number of anilines is 1. The molecule has 0 fully saturated rings. The normalized spacial score (nSPS) is 19.1. The summed E-state index contributed by atoms with van der Waals surface area (Å²) < 4.78 is 45.1. The van der Waals surface area contributed by atoms with Crippen LogP contribution >= 0.6 is 0 Å². The minimum Gasteiger partial charge on any atom is -0.494 e. The van der Waals surface area contributed by atoms with E-state index in [1.165, 1.54) is 19.2 Å². The van der Waals surface area contributed by atoms with E-state index in [-0.39, 0.29) is 11.4 Å². The number of rotatable bonds is 4. The Morgan fingerprint density at radius 3 is 2.42 bits per heavy atom. The number of methoxy groups -OCH3 is 1. The van der Waals surface area contributed by atoms with Crippen molar-refractivity contribution in [3.63, 3.8) is 0 Å². The summed E-state index contributed by atoms with van der Waals surface area (Å²) in [5.74, 6) is -0.283. The van der Waals surface area contributed by atoms with Crippen LogP contribution in [-0.4, -0.2) is 35.6 Å². The number of amides is 2. The Bertz CT molecular complexity index is 1050. The largest absolute Gasteiger partial charge is 0.494 e. The van der Waals surface area contributed by atoms with Gasteiger partial charge in [-0.2, -0.15) is 13.2 Å². The number of alkyl halides is 3.